The van der Waals surface area contributed by atoms with Gasteiger partial charge in [-0.1, -0.05) is 25.5 Å². The number of benzene rings is 1. The Bertz CT molecular complexity index is 447. The molecule has 1 aliphatic heterocycles. The molecule has 0 amide bonds. The van der Waals surface area contributed by atoms with Gasteiger partial charge in [0, 0.05) is 18.6 Å². The van der Waals surface area contributed by atoms with Crippen molar-refractivity contribution in [1.29, 1.82) is 0 Å². The zero-order valence-corrected chi connectivity index (χ0v) is 13.7. The fraction of sp³-hybridized carbons (Fsp3) is 0.667. The lowest BCUT2D eigenvalue weighted by atomic mass is 9.99. The summed E-state index contributed by atoms with van der Waals surface area (Å²) < 4.78 is 13.8. The van der Waals surface area contributed by atoms with Gasteiger partial charge in [-0.15, -0.1) is 0 Å². The second kappa shape index (κ2) is 7.90. The molecule has 0 radical (unpaired) electrons. The lowest BCUT2D eigenvalue weighted by Crippen LogP contribution is -2.39. The number of rotatable bonds is 6. The van der Waals surface area contributed by atoms with E-state index in [4.69, 9.17) is 0 Å². The smallest absolute Gasteiger partial charge is 0.126 e. The van der Waals surface area contributed by atoms with E-state index in [0.717, 1.165) is 30.6 Å². The van der Waals surface area contributed by atoms with Crippen LogP contribution in [0.2, 0.25) is 0 Å². The van der Waals surface area contributed by atoms with Crippen LogP contribution in [-0.4, -0.2) is 30.6 Å². The first-order valence-corrected chi connectivity index (χ1v) is 8.35. The minimum atomic E-state index is -0.0956. The van der Waals surface area contributed by atoms with E-state index < -0.39 is 0 Å². The highest BCUT2D eigenvalue weighted by Crippen LogP contribution is 2.22. The van der Waals surface area contributed by atoms with E-state index in [1.165, 1.54) is 25.8 Å². The van der Waals surface area contributed by atoms with E-state index >= 15 is 0 Å². The first-order valence-electron chi connectivity index (χ1n) is 8.35. The SMILES string of the molecule is CCNC(CCN1CCCCC1C)c1ccc(C)c(F)c1. The average Bonchev–Trinajstić information content (AvgIpc) is 2.48. The first kappa shape index (κ1) is 16.4. The van der Waals surface area contributed by atoms with Gasteiger partial charge in [0.05, 0.1) is 0 Å². The van der Waals surface area contributed by atoms with E-state index in [0.29, 0.717) is 6.04 Å². The Morgan fingerprint density at radius 1 is 1.38 bits per heavy atom. The van der Waals surface area contributed by atoms with Gasteiger partial charge in [-0.3, -0.25) is 0 Å². The second-order valence-corrected chi connectivity index (χ2v) is 6.29. The number of nitrogens with one attached hydrogen (secondary N) is 1. The number of piperidine rings is 1. The first-order chi connectivity index (χ1) is 10.1. The Balaban J connectivity index is 1.99. The summed E-state index contributed by atoms with van der Waals surface area (Å²) in [6.45, 7) is 9.47. The zero-order chi connectivity index (χ0) is 15.2. The average molecular weight is 292 g/mol. The Morgan fingerprint density at radius 3 is 2.86 bits per heavy atom. The topological polar surface area (TPSA) is 15.3 Å². The Kier molecular flexibility index (Phi) is 6.19. The normalized spacial score (nSPS) is 21.4. The predicted molar refractivity (Wildman–Crippen MR) is 87.1 cm³/mol. The van der Waals surface area contributed by atoms with Crippen molar-refractivity contribution < 1.29 is 4.39 Å². The summed E-state index contributed by atoms with van der Waals surface area (Å²) in [6, 6.07) is 6.58. The van der Waals surface area contributed by atoms with Crippen molar-refractivity contribution in [2.75, 3.05) is 19.6 Å². The van der Waals surface area contributed by atoms with Crippen LogP contribution in [0.25, 0.3) is 0 Å². The van der Waals surface area contributed by atoms with Crippen molar-refractivity contribution in [2.24, 2.45) is 0 Å². The molecule has 2 nitrogen and oxygen atoms in total. The number of likely N-dealkylation sites (tertiary alicyclic amines) is 1. The zero-order valence-electron chi connectivity index (χ0n) is 13.7. The van der Waals surface area contributed by atoms with Crippen molar-refractivity contribution in [3.63, 3.8) is 0 Å². The molecule has 0 saturated carbocycles. The molecule has 2 atom stereocenters. The standard InChI is InChI=1S/C18H29FN2/c1-4-20-18(16-9-8-14(2)17(19)13-16)10-12-21-11-6-5-7-15(21)3/h8-9,13,15,18,20H,4-7,10-12H2,1-3H3. The molecule has 0 spiro atoms. The van der Waals surface area contributed by atoms with Gasteiger partial charge in [0.15, 0.2) is 0 Å². The van der Waals surface area contributed by atoms with Crippen LogP contribution in [0, 0.1) is 12.7 Å². The highest BCUT2D eigenvalue weighted by Gasteiger charge is 2.20. The molecule has 1 aromatic rings. The van der Waals surface area contributed by atoms with E-state index in [2.05, 4.69) is 30.1 Å². The van der Waals surface area contributed by atoms with E-state index in [1.54, 1.807) is 6.07 Å². The third kappa shape index (κ3) is 4.52. The van der Waals surface area contributed by atoms with Gasteiger partial charge < -0.3 is 10.2 Å². The van der Waals surface area contributed by atoms with Gasteiger partial charge in [0.2, 0.25) is 0 Å². The monoisotopic (exact) mass is 292 g/mol. The number of hydrogen-bond donors (Lipinski definition) is 1. The molecule has 118 valence electrons. The highest BCUT2D eigenvalue weighted by molar-refractivity contribution is 5.25. The molecule has 1 aliphatic rings. The number of halogens is 1. The van der Waals surface area contributed by atoms with E-state index in [-0.39, 0.29) is 11.9 Å². The molecule has 1 heterocycles. The van der Waals surface area contributed by atoms with Crippen LogP contribution in [0.4, 0.5) is 4.39 Å². The molecule has 0 aliphatic carbocycles. The molecule has 2 unspecified atom stereocenters. The summed E-state index contributed by atoms with van der Waals surface area (Å²) in [5, 5.41) is 3.51. The van der Waals surface area contributed by atoms with Crippen LogP contribution >= 0.6 is 0 Å². The van der Waals surface area contributed by atoms with Crippen molar-refractivity contribution in [2.45, 2.75) is 58.5 Å². The largest absolute Gasteiger partial charge is 0.310 e. The van der Waals surface area contributed by atoms with Gasteiger partial charge in [0.1, 0.15) is 5.82 Å². The molecule has 3 heteroatoms. The quantitative estimate of drug-likeness (QED) is 0.851. The molecule has 21 heavy (non-hydrogen) atoms. The fourth-order valence-electron chi connectivity index (χ4n) is 3.24. The molecule has 0 bridgehead atoms. The van der Waals surface area contributed by atoms with Crippen molar-refractivity contribution in [1.82, 2.24) is 10.2 Å². The maximum atomic E-state index is 13.8. The molecule has 1 N–H and O–H groups in total. The van der Waals surface area contributed by atoms with Gasteiger partial charge in [-0.2, -0.15) is 0 Å². The molecule has 0 aromatic heterocycles. The maximum Gasteiger partial charge on any atom is 0.126 e. The maximum absolute atomic E-state index is 13.8. The minimum absolute atomic E-state index is 0.0956. The van der Waals surface area contributed by atoms with Crippen molar-refractivity contribution >= 4 is 0 Å². The molecule has 1 aromatic carbocycles. The van der Waals surface area contributed by atoms with Crippen LogP contribution < -0.4 is 5.32 Å². The third-order valence-corrected chi connectivity index (χ3v) is 4.69. The van der Waals surface area contributed by atoms with Crippen LogP contribution in [-0.2, 0) is 0 Å². The Morgan fingerprint density at radius 2 is 2.19 bits per heavy atom. The van der Waals surface area contributed by atoms with Crippen LogP contribution in [0.3, 0.4) is 0 Å². The minimum Gasteiger partial charge on any atom is -0.310 e. The van der Waals surface area contributed by atoms with E-state index in [9.17, 15) is 4.39 Å². The van der Waals surface area contributed by atoms with Crippen LogP contribution in [0.1, 0.15) is 56.7 Å². The fourth-order valence-corrected chi connectivity index (χ4v) is 3.24. The lowest BCUT2D eigenvalue weighted by molar-refractivity contribution is 0.153. The highest BCUT2D eigenvalue weighted by atomic mass is 19.1. The summed E-state index contributed by atoms with van der Waals surface area (Å²) in [5.74, 6) is -0.0956. The third-order valence-electron chi connectivity index (χ3n) is 4.69. The predicted octanol–water partition coefficient (Wildman–Crippen LogP) is 4.05. The summed E-state index contributed by atoms with van der Waals surface area (Å²) in [7, 11) is 0. The summed E-state index contributed by atoms with van der Waals surface area (Å²) in [6.07, 6.45) is 5.03. The van der Waals surface area contributed by atoms with Crippen LogP contribution in [0.15, 0.2) is 18.2 Å². The van der Waals surface area contributed by atoms with Crippen molar-refractivity contribution in [3.05, 3.63) is 35.1 Å². The summed E-state index contributed by atoms with van der Waals surface area (Å²) >= 11 is 0. The number of hydrogen-bond acceptors (Lipinski definition) is 2. The molecule has 2 rings (SSSR count). The van der Waals surface area contributed by atoms with Gasteiger partial charge in [0.25, 0.3) is 0 Å². The molecule has 1 fully saturated rings. The Hall–Kier alpha value is -0.930. The van der Waals surface area contributed by atoms with Gasteiger partial charge in [-0.25, -0.2) is 4.39 Å². The lowest BCUT2D eigenvalue weighted by Gasteiger charge is -2.34. The van der Waals surface area contributed by atoms with E-state index in [1.807, 2.05) is 13.0 Å². The van der Waals surface area contributed by atoms with Gasteiger partial charge in [-0.05, 0) is 63.4 Å². The molecule has 1 saturated heterocycles. The molecular formula is C18H29FN2. The second-order valence-electron chi connectivity index (χ2n) is 6.29. The van der Waals surface area contributed by atoms with Gasteiger partial charge >= 0.3 is 0 Å². The van der Waals surface area contributed by atoms with Crippen LogP contribution in [0.5, 0.6) is 0 Å². The van der Waals surface area contributed by atoms with Crippen molar-refractivity contribution in [3.8, 4) is 0 Å². The number of nitrogens with zero attached hydrogens (tertiary/aromatic N) is 1. The summed E-state index contributed by atoms with van der Waals surface area (Å²) in [4.78, 5) is 2.58. The molecular weight excluding hydrogens is 263 g/mol. The Labute approximate surface area is 128 Å². The number of aryl methyl sites for hydroxylation is 1. The summed E-state index contributed by atoms with van der Waals surface area (Å²) in [5.41, 5.74) is 1.79.